The maximum absolute atomic E-state index is 11.7. The van der Waals surface area contributed by atoms with E-state index in [4.69, 9.17) is 9.78 Å². The maximum Gasteiger partial charge on any atom is 0.261 e. The molecule has 0 saturated carbocycles. The molecule has 3 aliphatic rings. The summed E-state index contributed by atoms with van der Waals surface area (Å²) in [7, 11) is 0. The molecule has 1 amide bonds. The minimum Gasteiger partial charge on any atom is -0.315 e. The minimum absolute atomic E-state index is 0.0144. The summed E-state index contributed by atoms with van der Waals surface area (Å²) in [5, 5.41) is 0. The van der Waals surface area contributed by atoms with Gasteiger partial charge in [-0.15, -0.1) is 0 Å². The third kappa shape index (κ3) is 5.05. The molecule has 2 bridgehead atoms. The molecule has 0 aliphatic carbocycles. The number of hydrogen-bond donors (Lipinski definition) is 0. The van der Waals surface area contributed by atoms with Gasteiger partial charge in [0.25, 0.3) is 11.5 Å². The molecular formula is C20H30N2O4. The van der Waals surface area contributed by atoms with Crippen LogP contribution in [0, 0.1) is 18.8 Å². The van der Waals surface area contributed by atoms with E-state index in [9.17, 15) is 9.59 Å². The van der Waals surface area contributed by atoms with E-state index in [0.717, 1.165) is 17.7 Å². The molecule has 0 radical (unpaired) electrons. The summed E-state index contributed by atoms with van der Waals surface area (Å²) in [5.74, 6) is 0.972. The number of nitrogens with zero attached hydrogens (tertiary/aromatic N) is 2. The van der Waals surface area contributed by atoms with E-state index in [0.29, 0.717) is 18.4 Å². The summed E-state index contributed by atoms with van der Waals surface area (Å²) in [6.45, 7) is 13.8. The van der Waals surface area contributed by atoms with Crippen LogP contribution in [0.1, 0.15) is 40.2 Å². The predicted molar refractivity (Wildman–Crippen MR) is 100 cm³/mol. The van der Waals surface area contributed by atoms with E-state index in [1.807, 2.05) is 32.2 Å². The van der Waals surface area contributed by atoms with Crippen molar-refractivity contribution in [2.24, 2.45) is 11.8 Å². The van der Waals surface area contributed by atoms with Crippen LogP contribution >= 0.6 is 0 Å². The highest BCUT2D eigenvalue weighted by molar-refractivity contribution is 5.85. The van der Waals surface area contributed by atoms with Gasteiger partial charge in [-0.3, -0.25) is 9.59 Å². The van der Waals surface area contributed by atoms with Gasteiger partial charge in [0.1, 0.15) is 0 Å². The highest BCUT2D eigenvalue weighted by atomic mass is 17.2. The molecule has 26 heavy (non-hydrogen) atoms. The molecule has 4 rings (SSSR count). The average molecular weight is 362 g/mol. The SMILES string of the molecule is CC1=CC2OOC1N(CC(C)C)C2=O.Cc1ccc(=O)n(CC(C)C)c1. The molecule has 1 saturated heterocycles. The summed E-state index contributed by atoms with van der Waals surface area (Å²) in [4.78, 5) is 34.8. The smallest absolute Gasteiger partial charge is 0.261 e. The Hall–Kier alpha value is -1.92. The zero-order chi connectivity index (χ0) is 19.4. The largest absolute Gasteiger partial charge is 0.315 e. The first-order valence-electron chi connectivity index (χ1n) is 9.17. The highest BCUT2D eigenvalue weighted by Crippen LogP contribution is 2.28. The third-order valence-electron chi connectivity index (χ3n) is 4.12. The molecule has 1 aromatic rings. The van der Waals surface area contributed by atoms with Crippen LogP contribution in [0.25, 0.3) is 0 Å². The van der Waals surface area contributed by atoms with Crippen molar-refractivity contribution in [1.29, 1.82) is 0 Å². The molecule has 1 aromatic heterocycles. The van der Waals surface area contributed by atoms with Gasteiger partial charge in [0.15, 0.2) is 12.3 Å². The summed E-state index contributed by atoms with van der Waals surface area (Å²) in [6, 6.07) is 3.47. The van der Waals surface area contributed by atoms with E-state index < -0.39 is 6.10 Å². The van der Waals surface area contributed by atoms with Gasteiger partial charge >= 0.3 is 0 Å². The lowest BCUT2D eigenvalue weighted by Crippen LogP contribution is -2.57. The number of aromatic nitrogens is 1. The Morgan fingerprint density at radius 1 is 1.00 bits per heavy atom. The Labute approximate surface area is 155 Å². The van der Waals surface area contributed by atoms with Gasteiger partial charge < -0.3 is 9.47 Å². The molecule has 3 aliphatic heterocycles. The molecular weight excluding hydrogens is 332 g/mol. The Morgan fingerprint density at radius 3 is 2.23 bits per heavy atom. The third-order valence-corrected chi connectivity index (χ3v) is 4.12. The molecule has 6 heteroatoms. The van der Waals surface area contributed by atoms with E-state index in [-0.39, 0.29) is 17.7 Å². The van der Waals surface area contributed by atoms with Crippen LogP contribution in [0.4, 0.5) is 0 Å². The van der Waals surface area contributed by atoms with Crippen molar-refractivity contribution in [3.8, 4) is 0 Å². The first kappa shape index (κ1) is 20.4. The van der Waals surface area contributed by atoms with Gasteiger partial charge in [0.2, 0.25) is 0 Å². The zero-order valence-electron chi connectivity index (χ0n) is 16.6. The average Bonchev–Trinajstić information content (AvgIpc) is 2.54. The Kier molecular flexibility index (Phi) is 6.78. The van der Waals surface area contributed by atoms with Gasteiger partial charge in [0, 0.05) is 25.4 Å². The van der Waals surface area contributed by atoms with E-state index in [2.05, 4.69) is 27.7 Å². The number of fused-ring (bicyclic) bond motifs is 2. The highest BCUT2D eigenvalue weighted by Gasteiger charge is 2.42. The van der Waals surface area contributed by atoms with Crippen LogP contribution in [0.3, 0.4) is 0 Å². The van der Waals surface area contributed by atoms with Crippen LogP contribution in [0.2, 0.25) is 0 Å². The number of pyridine rings is 1. The maximum atomic E-state index is 11.7. The van der Waals surface area contributed by atoms with Crippen LogP contribution in [-0.4, -0.2) is 34.3 Å². The van der Waals surface area contributed by atoms with E-state index in [1.54, 1.807) is 15.5 Å². The van der Waals surface area contributed by atoms with Crippen LogP contribution in [0.15, 0.2) is 34.8 Å². The van der Waals surface area contributed by atoms with Crippen molar-refractivity contribution in [2.75, 3.05) is 6.54 Å². The summed E-state index contributed by atoms with van der Waals surface area (Å²) in [6.07, 6.45) is 2.89. The van der Waals surface area contributed by atoms with Crippen molar-refractivity contribution in [2.45, 2.75) is 60.4 Å². The molecule has 2 unspecified atom stereocenters. The van der Waals surface area contributed by atoms with Crippen molar-refractivity contribution >= 4 is 5.91 Å². The van der Waals surface area contributed by atoms with Crippen LogP contribution in [0.5, 0.6) is 0 Å². The molecule has 0 aromatic carbocycles. The second-order valence-corrected chi connectivity index (χ2v) is 7.85. The van der Waals surface area contributed by atoms with Gasteiger partial charge in [-0.25, -0.2) is 9.78 Å². The molecule has 0 N–H and O–H groups in total. The Balaban J connectivity index is 0.000000190. The van der Waals surface area contributed by atoms with Crippen LogP contribution in [-0.2, 0) is 21.1 Å². The number of carbonyl (C=O) groups excluding carboxylic acids is 1. The molecule has 6 nitrogen and oxygen atoms in total. The molecule has 144 valence electrons. The van der Waals surface area contributed by atoms with Gasteiger partial charge in [-0.05, 0) is 42.9 Å². The van der Waals surface area contributed by atoms with Gasteiger partial charge in [-0.1, -0.05) is 33.8 Å². The Morgan fingerprint density at radius 2 is 1.65 bits per heavy atom. The Bertz CT molecular complexity index is 721. The van der Waals surface area contributed by atoms with Crippen molar-refractivity contribution in [3.63, 3.8) is 0 Å². The van der Waals surface area contributed by atoms with Gasteiger partial charge in [-0.2, -0.15) is 0 Å². The summed E-state index contributed by atoms with van der Waals surface area (Å²) >= 11 is 0. The summed E-state index contributed by atoms with van der Waals surface area (Å²) < 4.78 is 1.76. The molecule has 0 spiro atoms. The minimum atomic E-state index is -0.529. The topological polar surface area (TPSA) is 60.8 Å². The lowest BCUT2D eigenvalue weighted by atomic mass is 10.0. The molecule has 4 heterocycles. The number of aryl methyl sites for hydroxylation is 1. The number of amides is 1. The second kappa shape index (κ2) is 8.64. The fourth-order valence-electron chi connectivity index (χ4n) is 2.99. The van der Waals surface area contributed by atoms with Gasteiger partial charge in [0.05, 0.1) is 0 Å². The lowest BCUT2D eigenvalue weighted by Gasteiger charge is -2.42. The normalized spacial score (nSPS) is 21.8. The zero-order valence-corrected chi connectivity index (χ0v) is 16.6. The second-order valence-electron chi connectivity index (χ2n) is 7.85. The lowest BCUT2D eigenvalue weighted by molar-refractivity contribution is -0.379. The first-order valence-corrected chi connectivity index (χ1v) is 9.17. The van der Waals surface area contributed by atoms with E-state index >= 15 is 0 Å². The quantitative estimate of drug-likeness (QED) is 0.610. The molecule has 1 fully saturated rings. The van der Waals surface area contributed by atoms with Crippen molar-refractivity contribution in [1.82, 2.24) is 9.47 Å². The van der Waals surface area contributed by atoms with Crippen molar-refractivity contribution in [3.05, 3.63) is 45.9 Å². The fraction of sp³-hybridized carbons (Fsp3) is 0.600. The monoisotopic (exact) mass is 362 g/mol. The van der Waals surface area contributed by atoms with Crippen molar-refractivity contribution < 1.29 is 14.6 Å². The number of carbonyl (C=O) groups is 1. The number of rotatable bonds is 4. The van der Waals surface area contributed by atoms with E-state index in [1.165, 1.54) is 0 Å². The number of hydrogen-bond acceptors (Lipinski definition) is 4. The summed E-state index contributed by atoms with van der Waals surface area (Å²) in [5.41, 5.74) is 2.28. The standard InChI is InChI=1S/C10H15NO3.C10H15NO/c1-6(2)5-11-9(12)8-4-7(3)10(11)14-13-8;1-8(2)6-11-7-9(3)4-5-10(11)12/h4,6,8,10H,5H2,1-3H3;4-5,7-8H,6H2,1-3H3. The fourth-order valence-corrected chi connectivity index (χ4v) is 2.99. The predicted octanol–water partition coefficient (Wildman–Crippen LogP) is 2.90. The first-order chi connectivity index (χ1) is 12.2. The van der Waals surface area contributed by atoms with Crippen LogP contribution < -0.4 is 5.56 Å². The molecule has 2 atom stereocenters.